The molecule has 1 aromatic rings. The summed E-state index contributed by atoms with van der Waals surface area (Å²) in [5.41, 5.74) is -0.367. The third kappa shape index (κ3) is 3.94. The van der Waals surface area contributed by atoms with Crippen LogP contribution in [-0.2, 0) is 4.79 Å². The van der Waals surface area contributed by atoms with E-state index in [1.807, 2.05) is 38.3 Å². The first-order valence-corrected chi connectivity index (χ1v) is 6.29. The minimum Gasteiger partial charge on any atom is -0.388 e. The van der Waals surface area contributed by atoms with E-state index in [0.717, 1.165) is 4.88 Å². The number of hydrogen-bond acceptors (Lipinski definition) is 3. The van der Waals surface area contributed by atoms with Crippen LogP contribution in [0.4, 0.5) is 0 Å². The van der Waals surface area contributed by atoms with Crippen molar-refractivity contribution in [1.82, 2.24) is 5.32 Å². The number of nitrogens with one attached hydrogen (secondary N) is 1. The molecular weight excluding hydrogens is 222 g/mol. The largest absolute Gasteiger partial charge is 0.388 e. The number of carbonyl (C=O) groups excluding carboxylic acids is 1. The monoisotopic (exact) mass is 241 g/mol. The quantitative estimate of drug-likeness (QED) is 0.850. The Morgan fingerprint density at radius 1 is 1.56 bits per heavy atom. The van der Waals surface area contributed by atoms with Crippen LogP contribution in [0.5, 0.6) is 0 Å². The van der Waals surface area contributed by atoms with Crippen LogP contribution in [0.25, 0.3) is 0 Å². The van der Waals surface area contributed by atoms with Crippen molar-refractivity contribution in [3.05, 3.63) is 22.4 Å². The van der Waals surface area contributed by atoms with Crippen molar-refractivity contribution >= 4 is 17.2 Å². The third-order valence-electron chi connectivity index (χ3n) is 2.26. The van der Waals surface area contributed by atoms with E-state index in [9.17, 15) is 9.90 Å². The minimum atomic E-state index is -0.472. The lowest BCUT2D eigenvalue weighted by Crippen LogP contribution is -2.35. The fourth-order valence-electron chi connectivity index (χ4n) is 1.21. The first-order valence-electron chi connectivity index (χ1n) is 5.41. The Morgan fingerprint density at radius 2 is 2.25 bits per heavy atom. The molecule has 0 saturated carbocycles. The fourth-order valence-corrected chi connectivity index (χ4v) is 1.96. The highest BCUT2D eigenvalue weighted by atomic mass is 32.1. The van der Waals surface area contributed by atoms with Gasteiger partial charge in [-0.15, -0.1) is 11.3 Å². The number of rotatable bonds is 4. The van der Waals surface area contributed by atoms with Gasteiger partial charge in [-0.25, -0.2) is 0 Å². The Balaban J connectivity index is 2.29. The van der Waals surface area contributed by atoms with Gasteiger partial charge in [0.2, 0.25) is 5.91 Å². The van der Waals surface area contributed by atoms with Crippen LogP contribution in [0.1, 0.15) is 38.2 Å². The molecule has 0 bridgehead atoms. The Kier molecular flexibility index (Phi) is 4.50. The number of hydrogen-bond donors (Lipinski definition) is 2. The highest BCUT2D eigenvalue weighted by Crippen LogP contribution is 2.21. The molecule has 0 spiro atoms. The van der Waals surface area contributed by atoms with Gasteiger partial charge in [0, 0.05) is 16.8 Å². The smallest absolute Gasteiger partial charge is 0.225 e. The topological polar surface area (TPSA) is 49.3 Å². The average molecular weight is 241 g/mol. The molecule has 1 aromatic heterocycles. The SMILES string of the molecule is CC(C)(C)C(=O)NCC[C@H](O)c1cccs1. The lowest BCUT2D eigenvalue weighted by atomic mass is 9.96. The number of aliphatic hydroxyl groups is 1. The van der Waals surface area contributed by atoms with Crippen molar-refractivity contribution in [3.8, 4) is 0 Å². The molecule has 3 nitrogen and oxygen atoms in total. The molecule has 0 aliphatic rings. The van der Waals surface area contributed by atoms with Gasteiger partial charge in [-0.05, 0) is 17.9 Å². The van der Waals surface area contributed by atoms with Crippen molar-refractivity contribution in [1.29, 1.82) is 0 Å². The van der Waals surface area contributed by atoms with E-state index < -0.39 is 6.10 Å². The van der Waals surface area contributed by atoms with E-state index >= 15 is 0 Å². The number of aliphatic hydroxyl groups excluding tert-OH is 1. The highest BCUT2D eigenvalue weighted by molar-refractivity contribution is 7.10. The summed E-state index contributed by atoms with van der Waals surface area (Å²) >= 11 is 1.53. The molecule has 0 unspecified atom stereocenters. The molecule has 0 saturated heterocycles. The second kappa shape index (κ2) is 5.46. The van der Waals surface area contributed by atoms with Gasteiger partial charge in [0.1, 0.15) is 0 Å². The lowest BCUT2D eigenvalue weighted by molar-refractivity contribution is -0.128. The molecule has 1 rings (SSSR count). The maximum atomic E-state index is 11.5. The van der Waals surface area contributed by atoms with Gasteiger partial charge in [0.05, 0.1) is 6.10 Å². The molecule has 0 fully saturated rings. The number of amides is 1. The van der Waals surface area contributed by atoms with E-state index in [0.29, 0.717) is 13.0 Å². The van der Waals surface area contributed by atoms with E-state index in [1.165, 1.54) is 11.3 Å². The van der Waals surface area contributed by atoms with Gasteiger partial charge in [0.25, 0.3) is 0 Å². The molecule has 1 atom stereocenters. The molecule has 4 heteroatoms. The number of carbonyl (C=O) groups is 1. The number of thiophene rings is 1. The zero-order valence-corrected chi connectivity index (χ0v) is 10.8. The summed E-state index contributed by atoms with van der Waals surface area (Å²) in [5.74, 6) is 0.0193. The van der Waals surface area contributed by atoms with E-state index in [2.05, 4.69) is 5.32 Å². The molecule has 0 aliphatic carbocycles. The molecule has 0 aliphatic heterocycles. The first kappa shape index (κ1) is 13.2. The maximum Gasteiger partial charge on any atom is 0.225 e. The van der Waals surface area contributed by atoms with Gasteiger partial charge in [0.15, 0.2) is 0 Å². The Hall–Kier alpha value is -0.870. The fraction of sp³-hybridized carbons (Fsp3) is 0.583. The minimum absolute atomic E-state index is 0.0193. The van der Waals surface area contributed by atoms with Crippen molar-refractivity contribution in [2.45, 2.75) is 33.3 Å². The summed E-state index contributed by atoms with van der Waals surface area (Å²) in [4.78, 5) is 12.5. The molecule has 0 aromatic carbocycles. The van der Waals surface area contributed by atoms with Crippen molar-refractivity contribution in [2.75, 3.05) is 6.54 Å². The molecule has 90 valence electrons. The van der Waals surface area contributed by atoms with Crippen molar-refractivity contribution in [3.63, 3.8) is 0 Å². The summed E-state index contributed by atoms with van der Waals surface area (Å²) in [7, 11) is 0. The Bertz CT molecular complexity index is 327. The highest BCUT2D eigenvalue weighted by Gasteiger charge is 2.20. The Labute approximate surface area is 100 Å². The van der Waals surface area contributed by atoms with Gasteiger partial charge in [-0.1, -0.05) is 26.8 Å². The predicted molar refractivity (Wildman–Crippen MR) is 66.4 cm³/mol. The summed E-state index contributed by atoms with van der Waals surface area (Å²) < 4.78 is 0. The maximum absolute atomic E-state index is 11.5. The van der Waals surface area contributed by atoms with E-state index in [1.54, 1.807) is 0 Å². The predicted octanol–water partition coefficient (Wildman–Crippen LogP) is 2.33. The van der Waals surface area contributed by atoms with Crippen LogP contribution in [0, 0.1) is 5.41 Å². The zero-order valence-electron chi connectivity index (χ0n) is 9.99. The zero-order chi connectivity index (χ0) is 12.2. The Morgan fingerprint density at radius 3 is 2.75 bits per heavy atom. The van der Waals surface area contributed by atoms with Crippen LogP contribution >= 0.6 is 11.3 Å². The summed E-state index contributed by atoms with van der Waals surface area (Å²) in [6.45, 7) is 6.13. The van der Waals surface area contributed by atoms with Gasteiger partial charge in [-0.3, -0.25) is 4.79 Å². The van der Waals surface area contributed by atoms with Gasteiger partial charge >= 0.3 is 0 Å². The summed E-state index contributed by atoms with van der Waals surface area (Å²) in [6, 6.07) is 3.82. The van der Waals surface area contributed by atoms with Gasteiger partial charge < -0.3 is 10.4 Å². The molecule has 16 heavy (non-hydrogen) atoms. The summed E-state index contributed by atoms with van der Waals surface area (Å²) in [5, 5.41) is 14.5. The average Bonchev–Trinajstić information content (AvgIpc) is 2.68. The second-order valence-electron chi connectivity index (χ2n) is 4.83. The molecule has 0 radical (unpaired) electrons. The van der Waals surface area contributed by atoms with E-state index in [-0.39, 0.29) is 11.3 Å². The molecule has 2 N–H and O–H groups in total. The van der Waals surface area contributed by atoms with Crippen LogP contribution in [0.15, 0.2) is 17.5 Å². The van der Waals surface area contributed by atoms with Crippen molar-refractivity contribution < 1.29 is 9.90 Å². The standard InChI is InChI=1S/C12H19NO2S/c1-12(2,3)11(15)13-7-6-9(14)10-5-4-8-16-10/h4-5,8-9,14H,6-7H2,1-3H3,(H,13,15)/t9-/m0/s1. The van der Waals surface area contributed by atoms with Crippen LogP contribution < -0.4 is 5.32 Å². The van der Waals surface area contributed by atoms with Crippen LogP contribution in [0.3, 0.4) is 0 Å². The normalized spacial score (nSPS) is 13.5. The van der Waals surface area contributed by atoms with Crippen LogP contribution in [0.2, 0.25) is 0 Å². The first-order chi connectivity index (χ1) is 7.41. The van der Waals surface area contributed by atoms with Crippen LogP contribution in [-0.4, -0.2) is 17.6 Å². The van der Waals surface area contributed by atoms with E-state index in [4.69, 9.17) is 0 Å². The lowest BCUT2D eigenvalue weighted by Gasteiger charge is -2.18. The van der Waals surface area contributed by atoms with Gasteiger partial charge in [-0.2, -0.15) is 0 Å². The summed E-state index contributed by atoms with van der Waals surface area (Å²) in [6.07, 6.45) is 0.0859. The third-order valence-corrected chi connectivity index (χ3v) is 3.23. The van der Waals surface area contributed by atoms with Crippen molar-refractivity contribution in [2.24, 2.45) is 5.41 Å². The molecule has 1 amide bonds. The second-order valence-corrected chi connectivity index (χ2v) is 5.81. The molecule has 1 heterocycles. The molecular formula is C12H19NO2S.